The highest BCUT2D eigenvalue weighted by molar-refractivity contribution is 7.18. The summed E-state index contributed by atoms with van der Waals surface area (Å²) in [5.41, 5.74) is 13.9. The van der Waals surface area contributed by atoms with Crippen LogP contribution < -0.4 is 11.5 Å². The number of benzene rings is 1. The Kier molecular flexibility index (Phi) is 7.98. The van der Waals surface area contributed by atoms with E-state index in [9.17, 15) is 0 Å². The summed E-state index contributed by atoms with van der Waals surface area (Å²) in [6.07, 6.45) is 3.40. The number of hydrogen-bond acceptors (Lipinski definition) is 7. The zero-order valence-corrected chi connectivity index (χ0v) is 16.1. The topological polar surface area (TPSA) is 143 Å². The van der Waals surface area contributed by atoms with E-state index in [0.29, 0.717) is 11.3 Å². The lowest BCUT2D eigenvalue weighted by molar-refractivity contribution is 0.318. The predicted molar refractivity (Wildman–Crippen MR) is 110 cm³/mol. The van der Waals surface area contributed by atoms with Crippen LogP contribution in [0.2, 0.25) is 0 Å². The third kappa shape index (κ3) is 4.85. The minimum Gasteiger partial charge on any atom is -0.409 e. The molecule has 2 heterocycles. The van der Waals surface area contributed by atoms with Gasteiger partial charge >= 0.3 is 0 Å². The summed E-state index contributed by atoms with van der Waals surface area (Å²) in [5.74, 6) is 0.0190. The van der Waals surface area contributed by atoms with E-state index in [-0.39, 0.29) is 36.5 Å². The molecule has 0 unspecified atom stereocenters. The summed E-state index contributed by atoms with van der Waals surface area (Å²) in [7, 11) is 0. The van der Waals surface area contributed by atoms with Gasteiger partial charge in [-0.3, -0.25) is 4.98 Å². The summed E-state index contributed by atoms with van der Waals surface area (Å²) in [6.45, 7) is 0. The molecular weight excluding hydrogens is 411 g/mol. The first-order chi connectivity index (χ1) is 12.1. The fourth-order valence-electron chi connectivity index (χ4n) is 2.13. The van der Waals surface area contributed by atoms with Crippen LogP contribution >= 0.6 is 36.2 Å². The van der Waals surface area contributed by atoms with E-state index in [1.54, 1.807) is 30.6 Å². The molecule has 8 nitrogen and oxygen atoms in total. The third-order valence-electron chi connectivity index (χ3n) is 3.46. The van der Waals surface area contributed by atoms with Gasteiger partial charge in [-0.15, -0.1) is 36.2 Å². The lowest BCUT2D eigenvalue weighted by atomic mass is 10.1. The van der Waals surface area contributed by atoms with Crippen molar-refractivity contribution >= 4 is 47.8 Å². The quantitative estimate of drug-likeness (QED) is 0.218. The number of aromatic nitrogens is 2. The van der Waals surface area contributed by atoms with Crippen molar-refractivity contribution in [3.05, 3.63) is 60.0 Å². The standard InChI is InChI=1S/C16H14N6O2S.2ClH/c17-14(21-23)10-3-1-9(2-4-10)13-8-20-16(25-13)11-5-6-12(19-7-11)15(18)22-24;;/h1-8,23-24H,(H2,17,21)(H2,18,22);2*1H. The van der Waals surface area contributed by atoms with E-state index in [1.807, 2.05) is 18.2 Å². The number of pyridine rings is 1. The Morgan fingerprint density at radius 2 is 1.44 bits per heavy atom. The molecule has 0 atom stereocenters. The van der Waals surface area contributed by atoms with Crippen molar-refractivity contribution in [3.8, 4) is 21.0 Å². The highest BCUT2D eigenvalue weighted by Gasteiger charge is 2.09. The first-order valence-electron chi connectivity index (χ1n) is 7.11. The highest BCUT2D eigenvalue weighted by atomic mass is 35.5. The average molecular weight is 427 g/mol. The molecule has 0 fully saturated rings. The molecule has 2 aromatic heterocycles. The van der Waals surface area contributed by atoms with Gasteiger partial charge < -0.3 is 21.9 Å². The lowest BCUT2D eigenvalue weighted by Gasteiger charge is -2.01. The van der Waals surface area contributed by atoms with Gasteiger partial charge in [0.2, 0.25) is 0 Å². The molecule has 0 radical (unpaired) electrons. The Morgan fingerprint density at radius 1 is 0.815 bits per heavy atom. The van der Waals surface area contributed by atoms with E-state index >= 15 is 0 Å². The van der Waals surface area contributed by atoms with Crippen LogP contribution in [0.4, 0.5) is 0 Å². The van der Waals surface area contributed by atoms with Crippen molar-refractivity contribution in [1.29, 1.82) is 0 Å². The van der Waals surface area contributed by atoms with E-state index in [4.69, 9.17) is 21.9 Å². The molecule has 0 aliphatic carbocycles. The molecule has 11 heteroatoms. The van der Waals surface area contributed by atoms with Gasteiger partial charge in [-0.1, -0.05) is 34.6 Å². The number of halogens is 2. The van der Waals surface area contributed by atoms with E-state index in [2.05, 4.69) is 20.3 Å². The molecule has 0 aliphatic heterocycles. The van der Waals surface area contributed by atoms with Crippen LogP contribution in [0.15, 0.2) is 59.1 Å². The van der Waals surface area contributed by atoms with Gasteiger partial charge in [-0.05, 0) is 17.7 Å². The molecule has 1 aromatic carbocycles. The molecule has 3 rings (SSSR count). The van der Waals surface area contributed by atoms with Gasteiger partial charge in [0, 0.05) is 23.5 Å². The summed E-state index contributed by atoms with van der Waals surface area (Å²) >= 11 is 1.51. The monoisotopic (exact) mass is 426 g/mol. The van der Waals surface area contributed by atoms with E-state index < -0.39 is 0 Å². The van der Waals surface area contributed by atoms with Crippen LogP contribution in [-0.2, 0) is 0 Å². The SMILES string of the molecule is Cl.Cl.N/C(=N\O)c1ccc(-c2cnc(-c3ccc(/C(N)=N/O)nc3)s2)cc1. The minimum atomic E-state index is -0.0443. The maximum absolute atomic E-state index is 8.69. The van der Waals surface area contributed by atoms with Gasteiger partial charge in [-0.25, -0.2) is 4.98 Å². The van der Waals surface area contributed by atoms with Gasteiger partial charge in [0.1, 0.15) is 10.7 Å². The van der Waals surface area contributed by atoms with Gasteiger partial charge in [0.15, 0.2) is 11.7 Å². The van der Waals surface area contributed by atoms with Crippen molar-refractivity contribution in [3.63, 3.8) is 0 Å². The first-order valence-corrected chi connectivity index (χ1v) is 7.92. The number of thiazole rings is 1. The number of oxime groups is 2. The van der Waals surface area contributed by atoms with Crippen LogP contribution in [0.3, 0.4) is 0 Å². The zero-order chi connectivity index (χ0) is 17.8. The van der Waals surface area contributed by atoms with Gasteiger partial charge in [0.25, 0.3) is 0 Å². The molecule has 0 spiro atoms. The van der Waals surface area contributed by atoms with Crippen molar-refractivity contribution in [2.24, 2.45) is 21.8 Å². The Bertz CT molecular complexity index is 866. The molecule has 142 valence electrons. The van der Waals surface area contributed by atoms with E-state index in [0.717, 1.165) is 21.0 Å². The smallest absolute Gasteiger partial charge is 0.188 e. The Morgan fingerprint density at radius 3 is 2.00 bits per heavy atom. The van der Waals surface area contributed by atoms with Crippen LogP contribution in [0.25, 0.3) is 21.0 Å². The number of nitrogens with zero attached hydrogens (tertiary/aromatic N) is 4. The molecule has 0 aliphatic rings. The van der Waals surface area contributed by atoms with Crippen molar-refractivity contribution in [2.45, 2.75) is 0 Å². The summed E-state index contributed by atoms with van der Waals surface area (Å²) < 4.78 is 0. The van der Waals surface area contributed by atoms with E-state index in [1.165, 1.54) is 11.3 Å². The van der Waals surface area contributed by atoms with Crippen LogP contribution in [-0.4, -0.2) is 32.1 Å². The predicted octanol–water partition coefficient (Wildman–Crippen LogP) is 2.90. The fourth-order valence-corrected chi connectivity index (χ4v) is 3.04. The second-order valence-electron chi connectivity index (χ2n) is 5.01. The molecular formula is C16H16Cl2N6O2S. The molecule has 6 N–H and O–H groups in total. The molecule has 27 heavy (non-hydrogen) atoms. The lowest BCUT2D eigenvalue weighted by Crippen LogP contribution is -2.14. The van der Waals surface area contributed by atoms with Crippen LogP contribution in [0.5, 0.6) is 0 Å². The number of amidine groups is 2. The molecule has 0 amide bonds. The summed E-state index contributed by atoms with van der Waals surface area (Å²) in [5, 5.41) is 24.0. The largest absolute Gasteiger partial charge is 0.409 e. The summed E-state index contributed by atoms with van der Waals surface area (Å²) in [6, 6.07) is 10.8. The summed E-state index contributed by atoms with van der Waals surface area (Å²) in [4.78, 5) is 9.53. The Hall–Kier alpha value is -2.88. The Balaban J connectivity index is 0.00000182. The second kappa shape index (κ2) is 9.72. The fraction of sp³-hybridized carbons (Fsp3) is 0. The number of hydrogen-bond donors (Lipinski definition) is 4. The third-order valence-corrected chi connectivity index (χ3v) is 4.55. The Labute approximate surface area is 171 Å². The van der Waals surface area contributed by atoms with Crippen molar-refractivity contribution in [2.75, 3.05) is 0 Å². The van der Waals surface area contributed by atoms with Crippen molar-refractivity contribution < 1.29 is 10.4 Å². The average Bonchev–Trinajstić information content (AvgIpc) is 3.17. The molecule has 0 bridgehead atoms. The minimum absolute atomic E-state index is 0. The second-order valence-corrected chi connectivity index (χ2v) is 6.04. The highest BCUT2D eigenvalue weighted by Crippen LogP contribution is 2.31. The number of rotatable bonds is 4. The van der Waals surface area contributed by atoms with Gasteiger partial charge in [-0.2, -0.15) is 0 Å². The molecule has 0 saturated heterocycles. The normalized spacial score (nSPS) is 11.4. The maximum Gasteiger partial charge on any atom is 0.188 e. The van der Waals surface area contributed by atoms with Crippen LogP contribution in [0.1, 0.15) is 11.3 Å². The molecule has 0 saturated carbocycles. The number of nitrogens with two attached hydrogens (primary N) is 2. The van der Waals surface area contributed by atoms with Crippen LogP contribution in [0, 0.1) is 0 Å². The zero-order valence-electron chi connectivity index (χ0n) is 13.7. The van der Waals surface area contributed by atoms with Crippen molar-refractivity contribution in [1.82, 2.24) is 9.97 Å². The first kappa shape index (κ1) is 22.2. The molecule has 3 aromatic rings. The maximum atomic E-state index is 8.69. The van der Waals surface area contributed by atoms with Gasteiger partial charge in [0.05, 0.1) is 4.88 Å².